The fraction of sp³-hybridized carbons (Fsp3) is 0.611. The van der Waals surface area contributed by atoms with E-state index in [1.165, 1.54) is 4.31 Å². The van der Waals surface area contributed by atoms with Crippen molar-refractivity contribution in [3.63, 3.8) is 0 Å². The first-order chi connectivity index (χ1) is 12.3. The van der Waals surface area contributed by atoms with Gasteiger partial charge in [0.25, 0.3) is 5.91 Å². The summed E-state index contributed by atoms with van der Waals surface area (Å²) in [6, 6.07) is 6.52. The molecule has 7 nitrogen and oxygen atoms in total. The number of carbonyl (C=O) groups is 1. The number of hydrogen-bond donors (Lipinski definition) is 2. The summed E-state index contributed by atoms with van der Waals surface area (Å²) >= 11 is 0. The number of piperazine rings is 1. The second-order valence-corrected chi connectivity index (χ2v) is 8.87. The van der Waals surface area contributed by atoms with Crippen molar-refractivity contribution < 1.29 is 22.8 Å². The zero-order valence-corrected chi connectivity index (χ0v) is 16.6. The summed E-state index contributed by atoms with van der Waals surface area (Å²) in [6.07, 6.45) is 0. The number of benzene rings is 1. The molecule has 26 heavy (non-hydrogen) atoms. The Morgan fingerprint density at radius 2 is 1.85 bits per heavy atom. The number of rotatable bonds is 8. The molecule has 1 saturated heterocycles. The number of amides is 1. The van der Waals surface area contributed by atoms with Gasteiger partial charge in [-0.1, -0.05) is 13.8 Å². The summed E-state index contributed by atoms with van der Waals surface area (Å²) in [5.74, 6) is 1.11. The summed E-state index contributed by atoms with van der Waals surface area (Å²) in [5.41, 5.74) is 0. The SMILES string of the molecule is CCOc1ccc(S(=O)(=O)N2CC[NH+](CC(=O)NCC(C)C)CC2)cc1. The fourth-order valence-electron chi connectivity index (χ4n) is 2.85. The molecule has 0 atom stereocenters. The summed E-state index contributed by atoms with van der Waals surface area (Å²) in [5, 5.41) is 2.91. The van der Waals surface area contributed by atoms with E-state index in [0.29, 0.717) is 57.5 Å². The van der Waals surface area contributed by atoms with Crippen LogP contribution in [0.25, 0.3) is 0 Å². The van der Waals surface area contributed by atoms with E-state index in [4.69, 9.17) is 4.74 Å². The smallest absolute Gasteiger partial charge is 0.275 e. The lowest BCUT2D eigenvalue weighted by atomic mass is 10.2. The van der Waals surface area contributed by atoms with Crippen molar-refractivity contribution in [3.8, 4) is 5.75 Å². The van der Waals surface area contributed by atoms with Crippen molar-refractivity contribution in [2.24, 2.45) is 5.92 Å². The fourth-order valence-corrected chi connectivity index (χ4v) is 4.29. The van der Waals surface area contributed by atoms with Crippen LogP contribution in [0.5, 0.6) is 5.75 Å². The number of nitrogens with zero attached hydrogens (tertiary/aromatic N) is 1. The van der Waals surface area contributed by atoms with Gasteiger partial charge in [-0.2, -0.15) is 4.31 Å². The maximum absolute atomic E-state index is 12.8. The third-order valence-corrected chi connectivity index (χ3v) is 6.23. The molecule has 0 bridgehead atoms. The summed E-state index contributed by atoms with van der Waals surface area (Å²) in [4.78, 5) is 13.3. The summed E-state index contributed by atoms with van der Waals surface area (Å²) < 4.78 is 32.4. The Labute approximate surface area is 156 Å². The van der Waals surface area contributed by atoms with Gasteiger partial charge in [-0.3, -0.25) is 4.79 Å². The quantitative estimate of drug-likeness (QED) is 0.648. The first-order valence-corrected chi connectivity index (χ1v) is 10.6. The van der Waals surface area contributed by atoms with Gasteiger partial charge >= 0.3 is 0 Å². The highest BCUT2D eigenvalue weighted by Crippen LogP contribution is 2.19. The van der Waals surface area contributed by atoms with E-state index in [2.05, 4.69) is 19.2 Å². The largest absolute Gasteiger partial charge is 0.494 e. The van der Waals surface area contributed by atoms with Gasteiger partial charge in [0.05, 0.1) is 37.7 Å². The zero-order chi connectivity index (χ0) is 19.2. The van der Waals surface area contributed by atoms with E-state index >= 15 is 0 Å². The molecule has 0 spiro atoms. The lowest BCUT2D eigenvalue weighted by Gasteiger charge is -2.31. The molecule has 1 aliphatic heterocycles. The van der Waals surface area contributed by atoms with Crippen LogP contribution in [0.15, 0.2) is 29.2 Å². The number of hydrogen-bond acceptors (Lipinski definition) is 4. The van der Waals surface area contributed by atoms with Crippen LogP contribution in [0.3, 0.4) is 0 Å². The first-order valence-electron chi connectivity index (χ1n) is 9.16. The molecule has 0 radical (unpaired) electrons. The Morgan fingerprint density at radius 3 is 2.38 bits per heavy atom. The minimum Gasteiger partial charge on any atom is -0.494 e. The second kappa shape index (κ2) is 9.34. The van der Waals surface area contributed by atoms with Crippen LogP contribution in [-0.2, 0) is 14.8 Å². The molecule has 2 rings (SSSR count). The average molecular weight is 385 g/mol. The molecule has 1 heterocycles. The Morgan fingerprint density at radius 1 is 1.23 bits per heavy atom. The number of ether oxygens (including phenoxy) is 1. The molecule has 146 valence electrons. The van der Waals surface area contributed by atoms with Gasteiger partial charge in [0.1, 0.15) is 5.75 Å². The van der Waals surface area contributed by atoms with E-state index in [-0.39, 0.29) is 10.8 Å². The van der Waals surface area contributed by atoms with Crippen LogP contribution in [-0.4, -0.2) is 64.5 Å². The van der Waals surface area contributed by atoms with Crippen LogP contribution in [0.4, 0.5) is 0 Å². The molecule has 1 aliphatic rings. The van der Waals surface area contributed by atoms with E-state index in [0.717, 1.165) is 4.90 Å². The third-order valence-electron chi connectivity index (χ3n) is 4.32. The van der Waals surface area contributed by atoms with Gasteiger partial charge in [0.2, 0.25) is 10.0 Å². The van der Waals surface area contributed by atoms with Crippen molar-refractivity contribution >= 4 is 15.9 Å². The monoisotopic (exact) mass is 384 g/mol. The highest BCUT2D eigenvalue weighted by atomic mass is 32.2. The van der Waals surface area contributed by atoms with Gasteiger partial charge in [0, 0.05) is 6.54 Å². The van der Waals surface area contributed by atoms with Crippen molar-refractivity contribution in [3.05, 3.63) is 24.3 Å². The summed E-state index contributed by atoms with van der Waals surface area (Å²) in [6.45, 7) is 9.70. The van der Waals surface area contributed by atoms with Gasteiger partial charge in [-0.05, 0) is 37.1 Å². The zero-order valence-electron chi connectivity index (χ0n) is 15.8. The van der Waals surface area contributed by atoms with Crippen LogP contribution in [0.1, 0.15) is 20.8 Å². The van der Waals surface area contributed by atoms with Crippen molar-refractivity contribution in [1.82, 2.24) is 9.62 Å². The normalized spacial score (nSPS) is 16.6. The van der Waals surface area contributed by atoms with Crippen LogP contribution >= 0.6 is 0 Å². The number of quaternary nitrogens is 1. The van der Waals surface area contributed by atoms with Crippen molar-refractivity contribution in [1.29, 1.82) is 0 Å². The maximum Gasteiger partial charge on any atom is 0.275 e. The van der Waals surface area contributed by atoms with Crippen molar-refractivity contribution in [2.75, 3.05) is 45.9 Å². The molecule has 0 aliphatic carbocycles. The molecular formula is C18H30N3O4S+. The Kier molecular flexibility index (Phi) is 7.43. The summed E-state index contributed by atoms with van der Waals surface area (Å²) in [7, 11) is -3.50. The average Bonchev–Trinajstić information content (AvgIpc) is 2.61. The van der Waals surface area contributed by atoms with Gasteiger partial charge < -0.3 is 15.0 Å². The molecule has 1 aromatic carbocycles. The third kappa shape index (κ3) is 5.69. The predicted molar refractivity (Wildman–Crippen MR) is 99.8 cm³/mol. The minimum absolute atomic E-state index is 0.0246. The Balaban J connectivity index is 1.88. The minimum atomic E-state index is -3.50. The standard InChI is InChI=1S/C18H29N3O4S/c1-4-25-16-5-7-17(8-6-16)26(23,24)21-11-9-20(10-12-21)14-18(22)19-13-15(2)3/h5-8,15H,4,9-14H2,1-3H3,(H,19,22)/p+1. The highest BCUT2D eigenvalue weighted by molar-refractivity contribution is 7.89. The molecular weight excluding hydrogens is 354 g/mol. The Hall–Kier alpha value is -1.64. The lowest BCUT2D eigenvalue weighted by molar-refractivity contribution is -0.895. The van der Waals surface area contributed by atoms with Gasteiger partial charge in [0.15, 0.2) is 6.54 Å². The van der Waals surface area contributed by atoms with Crippen LogP contribution in [0, 0.1) is 5.92 Å². The van der Waals surface area contributed by atoms with E-state index in [1.54, 1.807) is 24.3 Å². The lowest BCUT2D eigenvalue weighted by Crippen LogP contribution is -3.15. The molecule has 0 unspecified atom stereocenters. The first kappa shape index (κ1) is 20.7. The van der Waals surface area contributed by atoms with Gasteiger partial charge in [-0.15, -0.1) is 0 Å². The van der Waals surface area contributed by atoms with Gasteiger partial charge in [-0.25, -0.2) is 8.42 Å². The van der Waals surface area contributed by atoms with Crippen molar-refractivity contribution in [2.45, 2.75) is 25.7 Å². The number of nitrogens with one attached hydrogen (secondary N) is 2. The molecule has 1 aromatic rings. The molecule has 0 saturated carbocycles. The predicted octanol–water partition coefficient (Wildman–Crippen LogP) is -0.253. The molecule has 8 heteroatoms. The molecule has 0 aromatic heterocycles. The topological polar surface area (TPSA) is 80.2 Å². The van der Waals surface area contributed by atoms with E-state index in [9.17, 15) is 13.2 Å². The second-order valence-electron chi connectivity index (χ2n) is 6.93. The van der Waals surface area contributed by atoms with E-state index < -0.39 is 10.0 Å². The maximum atomic E-state index is 12.8. The molecule has 1 fully saturated rings. The number of carbonyl (C=O) groups excluding carboxylic acids is 1. The number of sulfonamides is 1. The Bertz CT molecular complexity index is 681. The molecule has 2 N–H and O–H groups in total. The molecule has 1 amide bonds. The van der Waals surface area contributed by atoms with Crippen LogP contribution < -0.4 is 15.0 Å². The highest BCUT2D eigenvalue weighted by Gasteiger charge is 2.31. The van der Waals surface area contributed by atoms with Crippen LogP contribution in [0.2, 0.25) is 0 Å². The van der Waals surface area contributed by atoms with E-state index in [1.807, 2.05) is 6.92 Å².